The predicted molar refractivity (Wildman–Crippen MR) is 81.3 cm³/mol. The maximum atomic E-state index is 3.83. The molecule has 3 aliphatic rings. The highest BCUT2D eigenvalue weighted by Gasteiger charge is 2.37. The number of rotatable bonds is 2. The van der Waals surface area contributed by atoms with Crippen LogP contribution in [0.25, 0.3) is 0 Å². The molecule has 0 bridgehead atoms. The van der Waals surface area contributed by atoms with E-state index in [0.29, 0.717) is 0 Å². The standard InChI is InChI=1S/C17H32N2/c1-13-8-9-17(14(13)2)19-11-10-18-16(12-19)15-6-4-3-5-7-15/h13-18H,3-12H2,1-2H3. The van der Waals surface area contributed by atoms with E-state index in [1.165, 1.54) is 64.6 Å². The predicted octanol–water partition coefficient (Wildman–Crippen LogP) is 3.28. The summed E-state index contributed by atoms with van der Waals surface area (Å²) in [5, 5.41) is 3.83. The molecule has 0 aromatic rings. The van der Waals surface area contributed by atoms with Gasteiger partial charge in [-0.1, -0.05) is 33.1 Å². The quantitative estimate of drug-likeness (QED) is 0.823. The van der Waals surface area contributed by atoms with Crippen LogP contribution in [-0.2, 0) is 0 Å². The first kappa shape index (κ1) is 13.9. The Labute approximate surface area is 119 Å². The molecule has 2 nitrogen and oxygen atoms in total. The molecule has 3 fully saturated rings. The Kier molecular flexibility index (Phi) is 4.48. The van der Waals surface area contributed by atoms with E-state index in [1.54, 1.807) is 0 Å². The van der Waals surface area contributed by atoms with E-state index in [4.69, 9.17) is 0 Å². The summed E-state index contributed by atoms with van der Waals surface area (Å²) in [6, 6.07) is 1.67. The van der Waals surface area contributed by atoms with E-state index in [9.17, 15) is 0 Å². The van der Waals surface area contributed by atoms with Crippen molar-refractivity contribution in [2.75, 3.05) is 19.6 Å². The van der Waals surface area contributed by atoms with E-state index in [1.807, 2.05) is 0 Å². The highest BCUT2D eigenvalue weighted by atomic mass is 15.2. The first-order chi connectivity index (χ1) is 9.25. The summed E-state index contributed by atoms with van der Waals surface area (Å²) in [5.74, 6) is 2.81. The fourth-order valence-corrected chi connectivity index (χ4v) is 4.81. The minimum atomic E-state index is 0.789. The van der Waals surface area contributed by atoms with Crippen LogP contribution in [-0.4, -0.2) is 36.6 Å². The lowest BCUT2D eigenvalue weighted by Crippen LogP contribution is -2.57. The second kappa shape index (κ2) is 6.13. The third kappa shape index (κ3) is 3.00. The molecule has 0 spiro atoms. The second-order valence-corrected chi connectivity index (χ2v) is 7.43. The molecule has 19 heavy (non-hydrogen) atoms. The summed E-state index contributed by atoms with van der Waals surface area (Å²) in [5.41, 5.74) is 0. The average molecular weight is 264 g/mol. The molecule has 0 amide bonds. The molecule has 1 aliphatic heterocycles. The molecule has 1 saturated heterocycles. The number of nitrogens with one attached hydrogen (secondary N) is 1. The van der Waals surface area contributed by atoms with Crippen LogP contribution in [0.4, 0.5) is 0 Å². The summed E-state index contributed by atoms with van der Waals surface area (Å²) in [4.78, 5) is 2.84. The van der Waals surface area contributed by atoms with Crippen molar-refractivity contribution in [2.45, 2.75) is 70.9 Å². The first-order valence-corrected chi connectivity index (χ1v) is 8.73. The molecule has 110 valence electrons. The molecule has 0 aromatic heterocycles. The largest absolute Gasteiger partial charge is 0.311 e. The number of hydrogen-bond acceptors (Lipinski definition) is 2. The van der Waals surface area contributed by atoms with Crippen molar-refractivity contribution in [1.82, 2.24) is 10.2 Å². The van der Waals surface area contributed by atoms with Gasteiger partial charge in [0, 0.05) is 31.7 Å². The van der Waals surface area contributed by atoms with Gasteiger partial charge in [0.05, 0.1) is 0 Å². The minimum absolute atomic E-state index is 0.789. The van der Waals surface area contributed by atoms with Gasteiger partial charge in [0.2, 0.25) is 0 Å². The van der Waals surface area contributed by atoms with Gasteiger partial charge in [-0.3, -0.25) is 4.90 Å². The highest BCUT2D eigenvalue weighted by Crippen LogP contribution is 2.36. The van der Waals surface area contributed by atoms with Crippen molar-refractivity contribution in [3.05, 3.63) is 0 Å². The topological polar surface area (TPSA) is 15.3 Å². The molecular formula is C17H32N2. The van der Waals surface area contributed by atoms with Gasteiger partial charge in [0.1, 0.15) is 0 Å². The van der Waals surface area contributed by atoms with Gasteiger partial charge in [-0.2, -0.15) is 0 Å². The first-order valence-electron chi connectivity index (χ1n) is 8.73. The fraction of sp³-hybridized carbons (Fsp3) is 1.00. The van der Waals surface area contributed by atoms with Crippen molar-refractivity contribution in [2.24, 2.45) is 17.8 Å². The Morgan fingerprint density at radius 3 is 2.42 bits per heavy atom. The molecular weight excluding hydrogens is 232 g/mol. The molecule has 1 N–H and O–H groups in total. The SMILES string of the molecule is CC1CCC(N2CCNC(C3CCCCC3)C2)C1C. The maximum absolute atomic E-state index is 3.83. The lowest BCUT2D eigenvalue weighted by atomic mass is 9.82. The Morgan fingerprint density at radius 2 is 1.74 bits per heavy atom. The lowest BCUT2D eigenvalue weighted by molar-refractivity contribution is 0.0887. The maximum Gasteiger partial charge on any atom is 0.0223 e. The molecule has 0 radical (unpaired) electrons. The third-order valence-electron chi connectivity index (χ3n) is 6.35. The van der Waals surface area contributed by atoms with Crippen LogP contribution in [0.1, 0.15) is 58.8 Å². The molecule has 0 aromatic carbocycles. The molecule has 3 rings (SSSR count). The van der Waals surface area contributed by atoms with Crippen LogP contribution in [0.2, 0.25) is 0 Å². The molecule has 2 saturated carbocycles. The van der Waals surface area contributed by atoms with Crippen molar-refractivity contribution >= 4 is 0 Å². The van der Waals surface area contributed by atoms with Crippen LogP contribution in [0.5, 0.6) is 0 Å². The Balaban J connectivity index is 1.58. The smallest absolute Gasteiger partial charge is 0.0223 e. The summed E-state index contributed by atoms with van der Waals surface area (Å²) in [7, 11) is 0. The zero-order chi connectivity index (χ0) is 13.2. The third-order valence-corrected chi connectivity index (χ3v) is 6.35. The van der Waals surface area contributed by atoms with Crippen molar-refractivity contribution < 1.29 is 0 Å². The number of hydrogen-bond donors (Lipinski definition) is 1. The molecule has 1 heterocycles. The van der Waals surface area contributed by atoms with Gasteiger partial charge < -0.3 is 5.32 Å². The Bertz CT molecular complexity index is 285. The minimum Gasteiger partial charge on any atom is -0.311 e. The average Bonchev–Trinajstić information content (AvgIpc) is 2.80. The summed E-state index contributed by atoms with van der Waals surface area (Å²) >= 11 is 0. The summed E-state index contributed by atoms with van der Waals surface area (Å²) in [6.45, 7) is 8.77. The van der Waals surface area contributed by atoms with Crippen molar-refractivity contribution in [3.63, 3.8) is 0 Å². The number of nitrogens with zero attached hydrogens (tertiary/aromatic N) is 1. The van der Waals surface area contributed by atoms with Crippen LogP contribution in [0.3, 0.4) is 0 Å². The number of piperazine rings is 1. The zero-order valence-corrected chi connectivity index (χ0v) is 12.9. The van der Waals surface area contributed by atoms with E-state index in [2.05, 4.69) is 24.1 Å². The molecule has 4 unspecified atom stereocenters. The highest BCUT2D eigenvalue weighted by molar-refractivity contribution is 4.93. The monoisotopic (exact) mass is 264 g/mol. The summed E-state index contributed by atoms with van der Waals surface area (Å²) in [6.07, 6.45) is 10.3. The summed E-state index contributed by atoms with van der Waals surface area (Å²) < 4.78 is 0. The molecule has 2 heteroatoms. The fourth-order valence-electron chi connectivity index (χ4n) is 4.81. The van der Waals surface area contributed by atoms with E-state index in [0.717, 1.165) is 29.8 Å². The van der Waals surface area contributed by atoms with Gasteiger partial charge in [-0.25, -0.2) is 0 Å². The van der Waals surface area contributed by atoms with Crippen LogP contribution < -0.4 is 5.32 Å². The zero-order valence-electron chi connectivity index (χ0n) is 12.9. The normalized spacial score (nSPS) is 42.6. The lowest BCUT2D eigenvalue weighted by Gasteiger charge is -2.43. The van der Waals surface area contributed by atoms with Gasteiger partial charge in [-0.15, -0.1) is 0 Å². The van der Waals surface area contributed by atoms with Crippen LogP contribution in [0, 0.1) is 17.8 Å². The van der Waals surface area contributed by atoms with E-state index >= 15 is 0 Å². The van der Waals surface area contributed by atoms with Crippen LogP contribution in [0.15, 0.2) is 0 Å². The Morgan fingerprint density at radius 1 is 0.947 bits per heavy atom. The van der Waals surface area contributed by atoms with Crippen molar-refractivity contribution in [1.29, 1.82) is 0 Å². The van der Waals surface area contributed by atoms with Gasteiger partial charge in [0.25, 0.3) is 0 Å². The van der Waals surface area contributed by atoms with Crippen LogP contribution >= 0.6 is 0 Å². The van der Waals surface area contributed by atoms with Gasteiger partial charge in [-0.05, 0) is 43.4 Å². The molecule has 2 aliphatic carbocycles. The second-order valence-electron chi connectivity index (χ2n) is 7.43. The van der Waals surface area contributed by atoms with Gasteiger partial charge >= 0.3 is 0 Å². The van der Waals surface area contributed by atoms with Gasteiger partial charge in [0.15, 0.2) is 0 Å². The van der Waals surface area contributed by atoms with E-state index < -0.39 is 0 Å². The van der Waals surface area contributed by atoms with E-state index in [-0.39, 0.29) is 0 Å². The molecule has 4 atom stereocenters. The van der Waals surface area contributed by atoms with Crippen molar-refractivity contribution in [3.8, 4) is 0 Å². The Hall–Kier alpha value is -0.0800.